The van der Waals surface area contributed by atoms with Crippen LogP contribution in [0.15, 0.2) is 5.51 Å². The van der Waals surface area contributed by atoms with Gasteiger partial charge in [-0.05, 0) is 32.6 Å². The molecule has 0 saturated carbocycles. The highest BCUT2D eigenvalue weighted by atomic mass is 32.1. The largest absolute Gasteiger partial charge is 0.378 e. The van der Waals surface area contributed by atoms with Gasteiger partial charge in [0.2, 0.25) is 0 Å². The van der Waals surface area contributed by atoms with Crippen LogP contribution in [0.4, 0.5) is 0 Å². The van der Waals surface area contributed by atoms with E-state index >= 15 is 0 Å². The van der Waals surface area contributed by atoms with E-state index in [1.807, 2.05) is 12.4 Å². The van der Waals surface area contributed by atoms with Crippen LogP contribution in [0.3, 0.4) is 0 Å². The Morgan fingerprint density at radius 3 is 3.20 bits per heavy atom. The van der Waals surface area contributed by atoms with Crippen molar-refractivity contribution in [3.05, 3.63) is 16.1 Å². The number of thiazole rings is 1. The number of rotatable bonds is 4. The van der Waals surface area contributed by atoms with Crippen LogP contribution in [0.25, 0.3) is 0 Å². The minimum Gasteiger partial charge on any atom is -0.378 e. The molecule has 84 valence electrons. The van der Waals surface area contributed by atoms with E-state index in [4.69, 9.17) is 10.5 Å². The molecule has 4 heteroatoms. The second-order valence-corrected chi connectivity index (χ2v) is 5.01. The first-order valence-corrected chi connectivity index (χ1v) is 6.42. The zero-order valence-corrected chi connectivity index (χ0v) is 9.93. The summed E-state index contributed by atoms with van der Waals surface area (Å²) in [5.41, 5.74) is 9.09. The number of ether oxygens (including phenoxy) is 1. The molecule has 2 unspecified atom stereocenters. The summed E-state index contributed by atoms with van der Waals surface area (Å²) in [7, 11) is 0. The SMILES string of the molecule is Cc1ncsc1C(N)CCC1CCCO1. The fraction of sp³-hybridized carbons (Fsp3) is 0.727. The minimum atomic E-state index is 0.140. The van der Waals surface area contributed by atoms with Crippen molar-refractivity contribution < 1.29 is 4.74 Å². The maximum Gasteiger partial charge on any atom is 0.0798 e. The molecule has 0 aromatic carbocycles. The van der Waals surface area contributed by atoms with Gasteiger partial charge in [0.15, 0.2) is 0 Å². The molecule has 0 spiro atoms. The van der Waals surface area contributed by atoms with E-state index in [9.17, 15) is 0 Å². The molecule has 1 saturated heterocycles. The minimum absolute atomic E-state index is 0.140. The summed E-state index contributed by atoms with van der Waals surface area (Å²) in [5, 5.41) is 0. The Balaban J connectivity index is 1.81. The first-order valence-electron chi connectivity index (χ1n) is 5.54. The summed E-state index contributed by atoms with van der Waals surface area (Å²) in [6.07, 6.45) is 4.95. The highest BCUT2D eigenvalue weighted by Crippen LogP contribution is 2.26. The molecule has 2 atom stereocenters. The molecular weight excluding hydrogens is 208 g/mol. The van der Waals surface area contributed by atoms with E-state index in [1.54, 1.807) is 11.3 Å². The summed E-state index contributed by atoms with van der Waals surface area (Å²) in [6, 6.07) is 0.140. The Bertz CT molecular complexity index is 307. The van der Waals surface area contributed by atoms with Gasteiger partial charge in [0, 0.05) is 17.5 Å². The van der Waals surface area contributed by atoms with Crippen molar-refractivity contribution in [1.29, 1.82) is 0 Å². The van der Waals surface area contributed by atoms with Gasteiger partial charge in [-0.15, -0.1) is 11.3 Å². The lowest BCUT2D eigenvalue weighted by atomic mass is 10.0. The van der Waals surface area contributed by atoms with Crippen molar-refractivity contribution in [2.24, 2.45) is 5.73 Å². The third-order valence-corrected chi connectivity index (χ3v) is 4.01. The smallest absolute Gasteiger partial charge is 0.0798 e. The quantitative estimate of drug-likeness (QED) is 0.857. The maximum atomic E-state index is 6.13. The van der Waals surface area contributed by atoms with Gasteiger partial charge < -0.3 is 10.5 Å². The van der Waals surface area contributed by atoms with Crippen LogP contribution in [-0.4, -0.2) is 17.7 Å². The van der Waals surface area contributed by atoms with E-state index < -0.39 is 0 Å². The van der Waals surface area contributed by atoms with Crippen molar-refractivity contribution in [2.75, 3.05) is 6.61 Å². The van der Waals surface area contributed by atoms with Crippen LogP contribution < -0.4 is 5.73 Å². The summed E-state index contributed by atoms with van der Waals surface area (Å²) in [5.74, 6) is 0. The Labute approximate surface area is 94.7 Å². The predicted molar refractivity (Wildman–Crippen MR) is 62.0 cm³/mol. The molecule has 0 bridgehead atoms. The fourth-order valence-electron chi connectivity index (χ4n) is 2.04. The number of aromatic nitrogens is 1. The molecule has 3 nitrogen and oxygen atoms in total. The Morgan fingerprint density at radius 1 is 1.73 bits per heavy atom. The van der Waals surface area contributed by atoms with Gasteiger partial charge in [-0.25, -0.2) is 4.98 Å². The van der Waals surface area contributed by atoms with Gasteiger partial charge >= 0.3 is 0 Å². The monoisotopic (exact) mass is 226 g/mol. The fourth-order valence-corrected chi connectivity index (χ4v) is 2.88. The molecule has 0 aliphatic carbocycles. The lowest BCUT2D eigenvalue weighted by molar-refractivity contribution is 0.101. The summed E-state index contributed by atoms with van der Waals surface area (Å²) in [6.45, 7) is 2.96. The van der Waals surface area contributed by atoms with Crippen LogP contribution in [0.5, 0.6) is 0 Å². The molecule has 0 radical (unpaired) electrons. The van der Waals surface area contributed by atoms with Gasteiger partial charge in [-0.1, -0.05) is 0 Å². The molecule has 1 fully saturated rings. The van der Waals surface area contributed by atoms with Crippen LogP contribution >= 0.6 is 11.3 Å². The summed E-state index contributed by atoms with van der Waals surface area (Å²) in [4.78, 5) is 5.45. The van der Waals surface area contributed by atoms with Crippen molar-refractivity contribution in [3.63, 3.8) is 0 Å². The van der Waals surface area contributed by atoms with Crippen LogP contribution in [0, 0.1) is 6.92 Å². The molecule has 1 aliphatic rings. The van der Waals surface area contributed by atoms with E-state index in [2.05, 4.69) is 4.98 Å². The highest BCUT2D eigenvalue weighted by molar-refractivity contribution is 7.09. The molecule has 2 N–H and O–H groups in total. The number of nitrogens with zero attached hydrogens (tertiary/aromatic N) is 1. The Hall–Kier alpha value is -0.450. The molecule has 1 aromatic heterocycles. The molecule has 1 aliphatic heterocycles. The number of aryl methyl sites for hydroxylation is 1. The van der Waals surface area contributed by atoms with E-state index in [1.165, 1.54) is 17.7 Å². The molecule has 15 heavy (non-hydrogen) atoms. The molecule has 2 heterocycles. The Morgan fingerprint density at radius 2 is 2.60 bits per heavy atom. The Kier molecular flexibility index (Phi) is 3.72. The van der Waals surface area contributed by atoms with Gasteiger partial charge in [0.25, 0.3) is 0 Å². The lowest BCUT2D eigenvalue weighted by Crippen LogP contribution is -2.14. The van der Waals surface area contributed by atoms with Gasteiger partial charge in [-0.3, -0.25) is 0 Å². The molecule has 0 amide bonds. The standard InChI is InChI=1S/C11H18N2OS/c1-8-11(15-7-13-8)10(12)5-4-9-3-2-6-14-9/h7,9-10H,2-6,12H2,1H3. The van der Waals surface area contributed by atoms with E-state index in [0.717, 1.165) is 25.1 Å². The van der Waals surface area contributed by atoms with Crippen molar-refractivity contribution in [2.45, 2.75) is 44.8 Å². The second kappa shape index (κ2) is 5.05. The van der Waals surface area contributed by atoms with E-state index in [0.29, 0.717) is 6.10 Å². The number of hydrogen-bond acceptors (Lipinski definition) is 4. The average molecular weight is 226 g/mol. The van der Waals surface area contributed by atoms with Crippen LogP contribution in [0.2, 0.25) is 0 Å². The van der Waals surface area contributed by atoms with E-state index in [-0.39, 0.29) is 6.04 Å². The third-order valence-electron chi connectivity index (χ3n) is 2.94. The zero-order valence-electron chi connectivity index (χ0n) is 9.11. The van der Waals surface area contributed by atoms with Gasteiger partial charge in [-0.2, -0.15) is 0 Å². The topological polar surface area (TPSA) is 48.1 Å². The second-order valence-electron chi connectivity index (χ2n) is 4.12. The van der Waals surface area contributed by atoms with Crippen molar-refractivity contribution in [1.82, 2.24) is 4.98 Å². The molecule has 1 aromatic rings. The first kappa shape index (κ1) is 11.0. The predicted octanol–water partition coefficient (Wildman–Crippen LogP) is 2.41. The lowest BCUT2D eigenvalue weighted by Gasteiger charge is -2.13. The van der Waals surface area contributed by atoms with Gasteiger partial charge in [0.05, 0.1) is 17.3 Å². The normalized spacial score (nSPS) is 23.2. The number of nitrogens with two attached hydrogens (primary N) is 1. The van der Waals surface area contributed by atoms with Crippen LogP contribution in [-0.2, 0) is 4.74 Å². The maximum absolute atomic E-state index is 6.13. The van der Waals surface area contributed by atoms with Gasteiger partial charge in [0.1, 0.15) is 0 Å². The summed E-state index contributed by atoms with van der Waals surface area (Å²) >= 11 is 1.66. The average Bonchev–Trinajstić information content (AvgIpc) is 2.84. The van der Waals surface area contributed by atoms with Crippen molar-refractivity contribution in [3.8, 4) is 0 Å². The van der Waals surface area contributed by atoms with Crippen molar-refractivity contribution >= 4 is 11.3 Å². The summed E-state index contributed by atoms with van der Waals surface area (Å²) < 4.78 is 5.58. The third kappa shape index (κ3) is 2.77. The molecular formula is C11H18N2OS. The highest BCUT2D eigenvalue weighted by Gasteiger charge is 2.18. The van der Waals surface area contributed by atoms with Crippen LogP contribution in [0.1, 0.15) is 42.3 Å². The first-order chi connectivity index (χ1) is 7.27. The zero-order chi connectivity index (χ0) is 10.7. The molecule has 2 rings (SSSR count). The number of hydrogen-bond donors (Lipinski definition) is 1.